The Morgan fingerprint density at radius 3 is 2.14 bits per heavy atom. The van der Waals surface area contributed by atoms with E-state index in [-0.39, 0.29) is 12.1 Å². The van der Waals surface area contributed by atoms with Crippen LogP contribution in [-0.2, 0) is 0 Å². The van der Waals surface area contributed by atoms with Gasteiger partial charge in [0.05, 0.1) is 17.4 Å². The van der Waals surface area contributed by atoms with Crippen LogP contribution in [0.1, 0.15) is 52.0 Å². The van der Waals surface area contributed by atoms with Gasteiger partial charge in [-0.05, 0) is 50.3 Å². The van der Waals surface area contributed by atoms with Crippen LogP contribution in [-0.4, -0.2) is 29.1 Å². The van der Waals surface area contributed by atoms with Crippen LogP contribution in [0.2, 0.25) is 0 Å². The molecule has 0 aliphatic heterocycles. The molecule has 1 saturated carbocycles. The summed E-state index contributed by atoms with van der Waals surface area (Å²) in [4.78, 5) is 23.0. The van der Waals surface area contributed by atoms with E-state index in [2.05, 4.69) is 5.32 Å². The van der Waals surface area contributed by atoms with Gasteiger partial charge in [-0.15, -0.1) is 0 Å². The first kappa shape index (κ1) is 15.3. The maximum atomic E-state index is 11.6. The van der Waals surface area contributed by atoms with Crippen molar-refractivity contribution in [2.45, 2.75) is 44.8 Å². The van der Waals surface area contributed by atoms with Crippen LogP contribution in [0, 0.1) is 6.92 Å². The number of hydrogen-bond acceptors (Lipinski definition) is 4. The van der Waals surface area contributed by atoms with E-state index in [0.717, 1.165) is 25.7 Å². The Morgan fingerprint density at radius 2 is 1.62 bits per heavy atom. The third kappa shape index (κ3) is 3.33. The average Bonchev–Trinajstić information content (AvgIpc) is 2.42. The van der Waals surface area contributed by atoms with Crippen molar-refractivity contribution >= 4 is 17.5 Å². The highest BCUT2D eigenvalue weighted by Gasteiger charge is 2.23. The molecular formula is C15H21N3O3. The molecule has 0 spiro atoms. The summed E-state index contributed by atoms with van der Waals surface area (Å²) in [6.45, 7) is 1.74. The van der Waals surface area contributed by atoms with Gasteiger partial charge in [0.2, 0.25) is 5.91 Å². The number of hydrogen-bond donors (Lipinski definition) is 4. The smallest absolute Gasteiger partial charge is 0.250 e. The second kappa shape index (κ2) is 6.13. The highest BCUT2D eigenvalue weighted by molar-refractivity contribution is 6.03. The quantitative estimate of drug-likeness (QED) is 0.659. The molecule has 1 aliphatic carbocycles. The molecular weight excluding hydrogens is 270 g/mol. The number of rotatable bonds is 4. The minimum absolute atomic E-state index is 0.147. The number of anilines is 1. The van der Waals surface area contributed by atoms with Crippen LogP contribution >= 0.6 is 0 Å². The predicted molar refractivity (Wildman–Crippen MR) is 80.1 cm³/mol. The van der Waals surface area contributed by atoms with Crippen molar-refractivity contribution in [1.82, 2.24) is 0 Å². The Morgan fingerprint density at radius 1 is 1.10 bits per heavy atom. The van der Waals surface area contributed by atoms with Gasteiger partial charge in [0, 0.05) is 11.6 Å². The van der Waals surface area contributed by atoms with Crippen molar-refractivity contribution in [3.8, 4) is 0 Å². The maximum Gasteiger partial charge on any atom is 0.250 e. The van der Waals surface area contributed by atoms with Gasteiger partial charge in [0.1, 0.15) is 0 Å². The fourth-order valence-corrected chi connectivity index (χ4v) is 2.79. The summed E-state index contributed by atoms with van der Waals surface area (Å²) in [5, 5.41) is 12.8. The fourth-order valence-electron chi connectivity index (χ4n) is 2.79. The molecule has 1 aromatic carbocycles. The highest BCUT2D eigenvalue weighted by Crippen LogP contribution is 2.28. The highest BCUT2D eigenvalue weighted by atomic mass is 16.3. The van der Waals surface area contributed by atoms with E-state index in [1.54, 1.807) is 6.92 Å². The second-order valence-electron chi connectivity index (χ2n) is 5.54. The van der Waals surface area contributed by atoms with Crippen LogP contribution < -0.4 is 16.8 Å². The minimum atomic E-state index is -0.549. The molecule has 21 heavy (non-hydrogen) atoms. The Hall–Kier alpha value is -2.08. The molecule has 6 N–H and O–H groups in total. The van der Waals surface area contributed by atoms with Crippen LogP contribution in [0.25, 0.3) is 0 Å². The molecule has 0 unspecified atom stereocenters. The van der Waals surface area contributed by atoms with E-state index in [1.165, 1.54) is 12.1 Å². The lowest BCUT2D eigenvalue weighted by molar-refractivity contribution is 0.0988. The van der Waals surface area contributed by atoms with E-state index in [4.69, 9.17) is 11.5 Å². The second-order valence-corrected chi connectivity index (χ2v) is 5.54. The number of nitrogens with one attached hydrogen (secondary N) is 1. The van der Waals surface area contributed by atoms with Gasteiger partial charge in [-0.1, -0.05) is 0 Å². The summed E-state index contributed by atoms with van der Waals surface area (Å²) in [6.07, 6.45) is 2.80. The van der Waals surface area contributed by atoms with Crippen LogP contribution in [0.5, 0.6) is 0 Å². The SMILES string of the molecule is Cc1c(C(N)=O)ccc(C(N)=O)c1NC1CCC(O)CC1. The largest absolute Gasteiger partial charge is 0.393 e. The van der Waals surface area contributed by atoms with E-state index in [9.17, 15) is 14.7 Å². The van der Waals surface area contributed by atoms with Crippen molar-refractivity contribution < 1.29 is 14.7 Å². The third-order valence-electron chi connectivity index (χ3n) is 4.04. The zero-order valence-corrected chi connectivity index (χ0v) is 12.1. The summed E-state index contributed by atoms with van der Waals surface area (Å²) >= 11 is 0. The van der Waals surface area contributed by atoms with Crippen molar-refractivity contribution in [1.29, 1.82) is 0 Å². The average molecular weight is 291 g/mol. The molecule has 1 aliphatic rings. The zero-order valence-electron chi connectivity index (χ0n) is 12.1. The van der Waals surface area contributed by atoms with Crippen molar-refractivity contribution in [3.05, 3.63) is 28.8 Å². The molecule has 0 radical (unpaired) electrons. The van der Waals surface area contributed by atoms with Crippen molar-refractivity contribution in [2.75, 3.05) is 5.32 Å². The number of amides is 2. The monoisotopic (exact) mass is 291 g/mol. The molecule has 2 amide bonds. The summed E-state index contributed by atoms with van der Waals surface area (Å²) in [7, 11) is 0. The van der Waals surface area contributed by atoms with E-state index < -0.39 is 11.8 Å². The standard InChI is InChI=1S/C15H21N3O3/c1-8-11(14(16)20)6-7-12(15(17)21)13(8)18-9-2-4-10(19)5-3-9/h6-7,9-10,18-19H,2-5H2,1H3,(H2,16,20)(H2,17,21). The fraction of sp³-hybridized carbons (Fsp3) is 0.467. The summed E-state index contributed by atoms with van der Waals surface area (Å²) < 4.78 is 0. The third-order valence-corrected chi connectivity index (χ3v) is 4.04. The molecule has 0 bridgehead atoms. The molecule has 0 aromatic heterocycles. The summed E-state index contributed by atoms with van der Waals surface area (Å²) in [6, 6.07) is 3.19. The number of aliphatic hydroxyl groups is 1. The van der Waals surface area contributed by atoms with Gasteiger partial charge in [-0.3, -0.25) is 9.59 Å². The summed E-state index contributed by atoms with van der Waals surface area (Å²) in [5.74, 6) is -1.09. The lowest BCUT2D eigenvalue weighted by Gasteiger charge is -2.28. The molecule has 0 atom stereocenters. The minimum Gasteiger partial charge on any atom is -0.393 e. The molecule has 114 valence electrons. The first-order chi connectivity index (χ1) is 9.90. The summed E-state index contributed by atoms with van der Waals surface area (Å²) in [5.41, 5.74) is 12.7. The molecule has 6 nitrogen and oxygen atoms in total. The number of aliphatic hydroxyl groups excluding tert-OH is 1. The first-order valence-electron chi connectivity index (χ1n) is 7.08. The molecule has 6 heteroatoms. The van der Waals surface area contributed by atoms with Crippen molar-refractivity contribution in [2.24, 2.45) is 11.5 Å². The zero-order chi connectivity index (χ0) is 15.6. The lowest BCUT2D eigenvalue weighted by Crippen LogP contribution is -2.30. The van der Waals surface area contributed by atoms with Gasteiger partial charge in [-0.25, -0.2) is 0 Å². The Kier molecular flexibility index (Phi) is 4.47. The first-order valence-corrected chi connectivity index (χ1v) is 7.08. The molecule has 0 heterocycles. The molecule has 2 rings (SSSR count). The number of carbonyl (C=O) groups is 2. The van der Waals surface area contributed by atoms with Crippen molar-refractivity contribution in [3.63, 3.8) is 0 Å². The van der Waals surface area contributed by atoms with Gasteiger partial charge in [0.15, 0.2) is 0 Å². The molecule has 1 fully saturated rings. The lowest BCUT2D eigenvalue weighted by atomic mass is 9.92. The Balaban J connectivity index is 2.33. The van der Waals surface area contributed by atoms with Crippen LogP contribution in [0.4, 0.5) is 5.69 Å². The molecule has 0 saturated heterocycles. The van der Waals surface area contributed by atoms with E-state index >= 15 is 0 Å². The van der Waals surface area contributed by atoms with E-state index in [1.807, 2.05) is 0 Å². The Bertz CT molecular complexity index is 564. The maximum absolute atomic E-state index is 11.6. The van der Waals surface area contributed by atoms with Crippen LogP contribution in [0.15, 0.2) is 12.1 Å². The van der Waals surface area contributed by atoms with Gasteiger partial charge >= 0.3 is 0 Å². The van der Waals surface area contributed by atoms with E-state index in [0.29, 0.717) is 22.4 Å². The normalized spacial score (nSPS) is 21.8. The van der Waals surface area contributed by atoms with Gasteiger partial charge < -0.3 is 21.9 Å². The number of nitrogens with two attached hydrogens (primary N) is 2. The van der Waals surface area contributed by atoms with Gasteiger partial charge in [0.25, 0.3) is 5.91 Å². The number of primary amides is 2. The number of carbonyl (C=O) groups excluding carboxylic acids is 2. The Labute approximate surface area is 123 Å². The number of benzene rings is 1. The van der Waals surface area contributed by atoms with Crippen LogP contribution in [0.3, 0.4) is 0 Å². The van der Waals surface area contributed by atoms with Gasteiger partial charge in [-0.2, -0.15) is 0 Å². The topological polar surface area (TPSA) is 118 Å². The predicted octanol–water partition coefficient (Wildman–Crippen LogP) is 0.908. The molecule has 1 aromatic rings.